The van der Waals surface area contributed by atoms with Crippen molar-refractivity contribution in [2.24, 2.45) is 11.7 Å². The molecule has 2 aliphatic rings. The fourth-order valence-corrected chi connectivity index (χ4v) is 5.53. The molecule has 0 bridgehead atoms. The van der Waals surface area contributed by atoms with E-state index in [1.807, 2.05) is 6.07 Å². The molecular formula is C20H29Cl2N3OS. The highest BCUT2D eigenvalue weighted by Gasteiger charge is 2.40. The van der Waals surface area contributed by atoms with Gasteiger partial charge in [0, 0.05) is 24.5 Å². The molecule has 2 heterocycles. The van der Waals surface area contributed by atoms with E-state index in [9.17, 15) is 4.79 Å². The average Bonchev–Trinajstić information content (AvgIpc) is 3.05. The van der Waals surface area contributed by atoms with E-state index in [-0.39, 0.29) is 42.2 Å². The second kappa shape index (κ2) is 9.08. The van der Waals surface area contributed by atoms with Crippen LogP contribution in [0, 0.1) is 5.92 Å². The summed E-state index contributed by atoms with van der Waals surface area (Å²) in [5.74, 6) is 0.768. The van der Waals surface area contributed by atoms with Gasteiger partial charge in [0.15, 0.2) is 0 Å². The van der Waals surface area contributed by atoms with Crippen LogP contribution in [0.1, 0.15) is 56.4 Å². The van der Waals surface area contributed by atoms with Gasteiger partial charge in [0.25, 0.3) is 0 Å². The minimum Gasteiger partial charge on any atom is -0.342 e. The maximum atomic E-state index is 13.0. The van der Waals surface area contributed by atoms with E-state index in [0.29, 0.717) is 5.92 Å². The number of piperidine rings is 1. The number of nitrogens with zero attached hydrogens (tertiary/aromatic N) is 2. The quantitative estimate of drug-likeness (QED) is 0.748. The Hall–Kier alpha value is -0.880. The van der Waals surface area contributed by atoms with Gasteiger partial charge in [0.05, 0.1) is 21.1 Å². The Morgan fingerprint density at radius 2 is 1.89 bits per heavy atom. The van der Waals surface area contributed by atoms with Crippen molar-refractivity contribution in [3.8, 4) is 0 Å². The molecule has 2 N–H and O–H groups in total. The molecule has 4 nitrogen and oxygen atoms in total. The number of benzene rings is 1. The summed E-state index contributed by atoms with van der Waals surface area (Å²) in [6.07, 6.45) is 6.22. The molecule has 1 saturated carbocycles. The Kier molecular flexibility index (Phi) is 7.54. The molecular weight excluding hydrogens is 401 g/mol. The summed E-state index contributed by atoms with van der Waals surface area (Å²) in [4.78, 5) is 19.9. The van der Waals surface area contributed by atoms with Crippen LogP contribution in [0.4, 0.5) is 0 Å². The smallest absolute Gasteiger partial charge is 0.227 e. The van der Waals surface area contributed by atoms with Crippen molar-refractivity contribution in [3.05, 3.63) is 29.3 Å². The minimum atomic E-state index is -0.334. The highest BCUT2D eigenvalue weighted by atomic mass is 35.5. The number of rotatable bonds is 2. The van der Waals surface area contributed by atoms with Crippen molar-refractivity contribution in [1.82, 2.24) is 9.88 Å². The lowest BCUT2D eigenvalue weighted by atomic mass is 9.73. The topological polar surface area (TPSA) is 59.2 Å². The van der Waals surface area contributed by atoms with Crippen molar-refractivity contribution in [2.45, 2.75) is 56.9 Å². The molecule has 150 valence electrons. The van der Waals surface area contributed by atoms with Crippen LogP contribution >= 0.6 is 36.2 Å². The SMILES string of the molecule is CC1(N)CCCCC1C(=O)N1CCC(c2nc3ccccc3s2)CC1.Cl.Cl. The van der Waals surface area contributed by atoms with Gasteiger partial charge in [-0.15, -0.1) is 36.2 Å². The van der Waals surface area contributed by atoms with Gasteiger partial charge < -0.3 is 10.6 Å². The second-order valence-corrected chi connectivity index (χ2v) is 8.99. The second-order valence-electron chi connectivity index (χ2n) is 7.92. The number of amides is 1. The fraction of sp³-hybridized carbons (Fsp3) is 0.600. The van der Waals surface area contributed by atoms with Crippen LogP contribution in [0.3, 0.4) is 0 Å². The number of para-hydroxylation sites is 1. The standard InChI is InChI=1S/C20H27N3OS.2ClH/c1-20(21)11-5-4-6-15(20)19(24)23-12-9-14(10-13-23)18-22-16-7-2-3-8-17(16)25-18;;/h2-3,7-8,14-15H,4-6,9-13,21H2,1H3;2*1H. The number of halogens is 2. The molecule has 1 aromatic carbocycles. The van der Waals surface area contributed by atoms with Crippen LogP contribution in [-0.4, -0.2) is 34.4 Å². The number of likely N-dealkylation sites (tertiary alicyclic amines) is 1. The largest absolute Gasteiger partial charge is 0.342 e. The molecule has 7 heteroatoms. The fourth-order valence-electron chi connectivity index (χ4n) is 4.40. The molecule has 1 aliphatic heterocycles. The predicted octanol–water partition coefficient (Wildman–Crippen LogP) is 4.75. The van der Waals surface area contributed by atoms with Crippen LogP contribution in [0.25, 0.3) is 10.2 Å². The van der Waals surface area contributed by atoms with Crippen molar-refractivity contribution in [3.63, 3.8) is 0 Å². The van der Waals surface area contributed by atoms with Crippen molar-refractivity contribution >= 4 is 52.3 Å². The Labute approximate surface area is 177 Å². The first-order valence-electron chi connectivity index (χ1n) is 9.48. The normalized spacial score (nSPS) is 26.3. The Bertz CT molecular complexity index is 738. The zero-order valence-electron chi connectivity index (χ0n) is 15.7. The number of nitrogens with two attached hydrogens (primary N) is 1. The van der Waals surface area contributed by atoms with Crippen LogP contribution in [0.15, 0.2) is 24.3 Å². The highest BCUT2D eigenvalue weighted by Crippen LogP contribution is 2.36. The van der Waals surface area contributed by atoms with E-state index in [4.69, 9.17) is 10.7 Å². The van der Waals surface area contributed by atoms with Gasteiger partial charge in [0.2, 0.25) is 5.91 Å². The lowest BCUT2D eigenvalue weighted by Crippen LogP contribution is -2.54. The van der Waals surface area contributed by atoms with Crippen LogP contribution in [-0.2, 0) is 4.79 Å². The molecule has 0 spiro atoms. The van der Waals surface area contributed by atoms with E-state index >= 15 is 0 Å². The maximum Gasteiger partial charge on any atom is 0.227 e. The van der Waals surface area contributed by atoms with Gasteiger partial charge in [-0.25, -0.2) is 4.98 Å². The number of carbonyl (C=O) groups excluding carboxylic acids is 1. The van der Waals surface area contributed by atoms with Gasteiger partial charge in [0.1, 0.15) is 0 Å². The summed E-state index contributed by atoms with van der Waals surface area (Å²) in [6.45, 7) is 3.74. The number of fused-ring (bicyclic) bond motifs is 1. The van der Waals surface area contributed by atoms with Crippen molar-refractivity contribution in [2.75, 3.05) is 13.1 Å². The summed E-state index contributed by atoms with van der Waals surface area (Å²) in [5, 5.41) is 1.23. The summed E-state index contributed by atoms with van der Waals surface area (Å²) in [7, 11) is 0. The van der Waals surface area contributed by atoms with Crippen LogP contribution < -0.4 is 5.73 Å². The molecule has 2 fully saturated rings. The van der Waals surface area contributed by atoms with Crippen LogP contribution in [0.2, 0.25) is 0 Å². The Balaban J connectivity index is 0.00000131. The lowest BCUT2D eigenvalue weighted by Gasteiger charge is -2.41. The first-order valence-corrected chi connectivity index (χ1v) is 10.3. The number of hydrogen-bond donors (Lipinski definition) is 1. The van der Waals surface area contributed by atoms with Gasteiger partial charge >= 0.3 is 0 Å². The summed E-state index contributed by atoms with van der Waals surface area (Å²) < 4.78 is 1.26. The molecule has 2 aromatic rings. The van der Waals surface area contributed by atoms with E-state index < -0.39 is 0 Å². The monoisotopic (exact) mass is 429 g/mol. The van der Waals surface area contributed by atoms with Crippen LogP contribution in [0.5, 0.6) is 0 Å². The lowest BCUT2D eigenvalue weighted by molar-refractivity contribution is -0.140. The Morgan fingerprint density at radius 1 is 1.19 bits per heavy atom. The molecule has 1 saturated heterocycles. The first-order chi connectivity index (χ1) is 12.0. The third kappa shape index (κ3) is 4.58. The predicted molar refractivity (Wildman–Crippen MR) is 117 cm³/mol. The zero-order valence-corrected chi connectivity index (χ0v) is 18.2. The van der Waals surface area contributed by atoms with Crippen molar-refractivity contribution < 1.29 is 4.79 Å². The number of aromatic nitrogens is 1. The molecule has 2 atom stereocenters. The third-order valence-corrected chi connectivity index (χ3v) is 7.22. The molecule has 1 aliphatic carbocycles. The van der Waals surface area contributed by atoms with Gasteiger partial charge in [-0.2, -0.15) is 0 Å². The Morgan fingerprint density at radius 3 is 2.56 bits per heavy atom. The molecule has 2 unspecified atom stereocenters. The summed E-state index contributed by atoms with van der Waals surface area (Å²) in [6, 6.07) is 8.33. The number of hydrogen-bond acceptors (Lipinski definition) is 4. The summed E-state index contributed by atoms with van der Waals surface area (Å²) >= 11 is 1.81. The van der Waals surface area contributed by atoms with Gasteiger partial charge in [-0.1, -0.05) is 25.0 Å². The number of thiazole rings is 1. The van der Waals surface area contributed by atoms with E-state index in [0.717, 1.165) is 57.1 Å². The molecule has 4 rings (SSSR count). The molecule has 1 amide bonds. The number of carbonyl (C=O) groups is 1. The third-order valence-electron chi connectivity index (χ3n) is 6.02. The van der Waals surface area contributed by atoms with Gasteiger partial charge in [-0.3, -0.25) is 4.79 Å². The highest BCUT2D eigenvalue weighted by molar-refractivity contribution is 7.18. The average molecular weight is 430 g/mol. The van der Waals surface area contributed by atoms with E-state index in [1.165, 1.54) is 9.71 Å². The molecule has 0 radical (unpaired) electrons. The molecule has 27 heavy (non-hydrogen) atoms. The molecule has 1 aromatic heterocycles. The van der Waals surface area contributed by atoms with E-state index in [2.05, 4.69) is 30.0 Å². The minimum absolute atomic E-state index is 0. The summed E-state index contributed by atoms with van der Waals surface area (Å²) in [5.41, 5.74) is 7.20. The van der Waals surface area contributed by atoms with E-state index in [1.54, 1.807) is 11.3 Å². The first kappa shape index (κ1) is 22.4. The zero-order chi connectivity index (χ0) is 17.4. The maximum absolute atomic E-state index is 13.0. The van der Waals surface area contributed by atoms with Gasteiger partial charge in [-0.05, 0) is 44.7 Å². The van der Waals surface area contributed by atoms with Crippen molar-refractivity contribution in [1.29, 1.82) is 0 Å².